The Hall–Kier alpha value is -0.870. The van der Waals surface area contributed by atoms with E-state index in [0.717, 1.165) is 30.8 Å². The van der Waals surface area contributed by atoms with E-state index in [4.69, 9.17) is 0 Å². The number of amides is 1. The van der Waals surface area contributed by atoms with Gasteiger partial charge in [-0.1, -0.05) is 26.7 Å². The fraction of sp³-hybridized carbons (Fsp3) is 0.750. The maximum absolute atomic E-state index is 12.6. The molecule has 134 valence electrons. The summed E-state index contributed by atoms with van der Waals surface area (Å²) in [6.45, 7) is 8.79. The monoisotopic (exact) mass is 348 g/mol. The van der Waals surface area contributed by atoms with Gasteiger partial charge in [-0.3, -0.25) is 4.79 Å². The third kappa shape index (κ3) is 4.82. The Labute approximate surface area is 150 Å². The number of rotatable bonds is 5. The second-order valence-electron chi connectivity index (χ2n) is 8.30. The lowest BCUT2D eigenvalue weighted by Crippen LogP contribution is -2.41. The van der Waals surface area contributed by atoms with Crippen LogP contribution in [-0.2, 0) is 12.8 Å². The molecule has 0 bridgehead atoms. The summed E-state index contributed by atoms with van der Waals surface area (Å²) in [5, 5.41) is 3.20. The van der Waals surface area contributed by atoms with E-state index in [-0.39, 0.29) is 11.3 Å². The third-order valence-corrected chi connectivity index (χ3v) is 6.53. The summed E-state index contributed by atoms with van der Waals surface area (Å²) in [6, 6.07) is 2.16. The first kappa shape index (κ1) is 17.9. The zero-order valence-electron chi connectivity index (χ0n) is 15.3. The number of nitrogens with one attached hydrogen (secondary N) is 1. The lowest BCUT2D eigenvalue weighted by atomic mass is 9.92. The van der Waals surface area contributed by atoms with Gasteiger partial charge in [0, 0.05) is 18.0 Å². The quantitative estimate of drug-likeness (QED) is 0.862. The first-order chi connectivity index (χ1) is 11.5. The molecule has 0 aromatic carbocycles. The average Bonchev–Trinajstić information content (AvgIpc) is 3.14. The summed E-state index contributed by atoms with van der Waals surface area (Å²) < 4.78 is 0. The van der Waals surface area contributed by atoms with Crippen LogP contribution in [0.15, 0.2) is 6.07 Å². The smallest absolute Gasteiger partial charge is 0.261 e. The number of carbonyl (C=O) groups is 1. The van der Waals surface area contributed by atoms with Gasteiger partial charge in [0.2, 0.25) is 0 Å². The second-order valence-corrected chi connectivity index (χ2v) is 9.44. The lowest BCUT2D eigenvalue weighted by molar-refractivity contribution is 0.0930. The van der Waals surface area contributed by atoms with Crippen LogP contribution in [0.5, 0.6) is 0 Å². The molecule has 1 N–H and O–H groups in total. The van der Waals surface area contributed by atoms with Crippen LogP contribution >= 0.6 is 11.3 Å². The van der Waals surface area contributed by atoms with E-state index in [1.54, 1.807) is 11.3 Å². The molecule has 2 heterocycles. The Morgan fingerprint density at radius 2 is 1.83 bits per heavy atom. The maximum atomic E-state index is 12.6. The van der Waals surface area contributed by atoms with Crippen LogP contribution in [-0.4, -0.2) is 37.0 Å². The molecule has 1 saturated heterocycles. The van der Waals surface area contributed by atoms with Crippen LogP contribution in [0.25, 0.3) is 0 Å². The Kier molecular flexibility index (Phi) is 5.98. The average molecular weight is 349 g/mol. The van der Waals surface area contributed by atoms with Crippen molar-refractivity contribution in [3.63, 3.8) is 0 Å². The number of thiophene rings is 1. The molecule has 24 heavy (non-hydrogen) atoms. The standard InChI is InChI=1S/C20H32N2OS/c1-20(2,15-22-11-7-8-12-22)14-21-19(23)18-13-16-9-5-3-4-6-10-17(16)24-18/h13H,3-12,14-15H2,1-2H3,(H,21,23). The van der Waals surface area contributed by atoms with Gasteiger partial charge in [0.25, 0.3) is 5.91 Å². The highest BCUT2D eigenvalue weighted by Crippen LogP contribution is 2.28. The fourth-order valence-electron chi connectivity index (χ4n) is 3.96. The molecular weight excluding hydrogens is 316 g/mol. The van der Waals surface area contributed by atoms with Gasteiger partial charge in [-0.2, -0.15) is 0 Å². The Balaban J connectivity index is 1.55. The normalized spacial score (nSPS) is 19.6. The van der Waals surface area contributed by atoms with Crippen molar-refractivity contribution in [3.8, 4) is 0 Å². The van der Waals surface area contributed by atoms with Crippen molar-refractivity contribution >= 4 is 17.2 Å². The van der Waals surface area contributed by atoms with Crippen molar-refractivity contribution in [2.75, 3.05) is 26.2 Å². The number of likely N-dealkylation sites (tertiary alicyclic amines) is 1. The molecule has 1 amide bonds. The van der Waals surface area contributed by atoms with Gasteiger partial charge in [-0.15, -0.1) is 11.3 Å². The SMILES string of the molecule is CC(C)(CNC(=O)c1cc2c(s1)CCCCCC2)CN1CCCC1. The predicted molar refractivity (Wildman–Crippen MR) is 102 cm³/mol. The third-order valence-electron chi connectivity index (χ3n) is 5.30. The molecule has 0 spiro atoms. The van der Waals surface area contributed by atoms with Crippen LogP contribution in [0.1, 0.15) is 72.5 Å². The van der Waals surface area contributed by atoms with E-state index in [9.17, 15) is 4.79 Å². The van der Waals surface area contributed by atoms with Crippen LogP contribution in [0.3, 0.4) is 0 Å². The van der Waals surface area contributed by atoms with Crippen molar-refractivity contribution in [2.24, 2.45) is 5.41 Å². The van der Waals surface area contributed by atoms with E-state index in [1.165, 1.54) is 62.1 Å². The van der Waals surface area contributed by atoms with Gasteiger partial charge in [0.15, 0.2) is 0 Å². The van der Waals surface area contributed by atoms with Crippen molar-refractivity contribution in [1.29, 1.82) is 0 Å². The molecule has 2 aliphatic rings. The minimum atomic E-state index is 0.126. The number of carbonyl (C=O) groups excluding carboxylic acids is 1. The molecule has 1 aromatic heterocycles. The van der Waals surface area contributed by atoms with Crippen molar-refractivity contribution < 1.29 is 4.79 Å². The zero-order chi connectivity index (χ0) is 17.0. The first-order valence-electron chi connectivity index (χ1n) is 9.66. The molecule has 0 atom stereocenters. The lowest BCUT2D eigenvalue weighted by Gasteiger charge is -2.30. The second kappa shape index (κ2) is 8.01. The molecule has 3 nitrogen and oxygen atoms in total. The van der Waals surface area contributed by atoms with Gasteiger partial charge in [-0.05, 0) is 68.7 Å². The summed E-state index contributed by atoms with van der Waals surface area (Å²) in [5.74, 6) is 0.126. The molecule has 4 heteroatoms. The molecule has 0 saturated carbocycles. The molecule has 1 aliphatic heterocycles. The maximum Gasteiger partial charge on any atom is 0.261 e. The van der Waals surface area contributed by atoms with Crippen LogP contribution in [0, 0.1) is 5.41 Å². The molecule has 3 rings (SSSR count). The number of hydrogen-bond acceptors (Lipinski definition) is 3. The molecule has 1 fully saturated rings. The van der Waals surface area contributed by atoms with Gasteiger partial charge in [0.1, 0.15) is 0 Å². The highest BCUT2D eigenvalue weighted by atomic mass is 32.1. The van der Waals surface area contributed by atoms with E-state index < -0.39 is 0 Å². The van der Waals surface area contributed by atoms with Crippen molar-refractivity contribution in [3.05, 3.63) is 21.4 Å². The highest BCUT2D eigenvalue weighted by Gasteiger charge is 2.25. The van der Waals surface area contributed by atoms with Gasteiger partial charge in [-0.25, -0.2) is 0 Å². The van der Waals surface area contributed by atoms with Gasteiger partial charge < -0.3 is 10.2 Å². The fourth-order valence-corrected chi connectivity index (χ4v) is 5.13. The van der Waals surface area contributed by atoms with Crippen LogP contribution in [0.2, 0.25) is 0 Å². The summed E-state index contributed by atoms with van der Waals surface area (Å²) in [5.41, 5.74) is 1.56. The van der Waals surface area contributed by atoms with Gasteiger partial charge in [0.05, 0.1) is 4.88 Å². The molecule has 0 unspecified atom stereocenters. The Morgan fingerprint density at radius 1 is 1.12 bits per heavy atom. The molecule has 0 radical (unpaired) electrons. The van der Waals surface area contributed by atoms with E-state index >= 15 is 0 Å². The van der Waals surface area contributed by atoms with Crippen molar-refractivity contribution in [1.82, 2.24) is 10.2 Å². The number of fused-ring (bicyclic) bond motifs is 1. The minimum absolute atomic E-state index is 0.126. The molecule has 1 aliphatic carbocycles. The summed E-state index contributed by atoms with van der Waals surface area (Å²) in [7, 11) is 0. The van der Waals surface area contributed by atoms with E-state index in [2.05, 4.69) is 30.1 Å². The number of aryl methyl sites for hydroxylation is 2. The van der Waals surface area contributed by atoms with Crippen LogP contribution in [0.4, 0.5) is 0 Å². The summed E-state index contributed by atoms with van der Waals surface area (Å²) in [6.07, 6.45) is 10.2. The molecular formula is C20H32N2OS. The predicted octanol–water partition coefficient (Wildman–Crippen LogP) is 4.26. The minimum Gasteiger partial charge on any atom is -0.351 e. The number of nitrogens with zero attached hydrogens (tertiary/aromatic N) is 1. The summed E-state index contributed by atoms with van der Waals surface area (Å²) >= 11 is 1.73. The van der Waals surface area contributed by atoms with E-state index in [1.807, 2.05) is 0 Å². The van der Waals surface area contributed by atoms with E-state index in [0.29, 0.717) is 0 Å². The van der Waals surface area contributed by atoms with Gasteiger partial charge >= 0.3 is 0 Å². The highest BCUT2D eigenvalue weighted by molar-refractivity contribution is 7.14. The topological polar surface area (TPSA) is 32.3 Å². The number of hydrogen-bond donors (Lipinski definition) is 1. The Bertz CT molecular complexity index is 532. The van der Waals surface area contributed by atoms with Crippen molar-refractivity contribution in [2.45, 2.75) is 65.2 Å². The zero-order valence-corrected chi connectivity index (χ0v) is 16.1. The van der Waals surface area contributed by atoms with Crippen LogP contribution < -0.4 is 5.32 Å². The first-order valence-corrected chi connectivity index (χ1v) is 10.5. The largest absolute Gasteiger partial charge is 0.351 e. The Morgan fingerprint density at radius 3 is 2.58 bits per heavy atom. The summed E-state index contributed by atoms with van der Waals surface area (Å²) in [4.78, 5) is 17.5. The molecule has 1 aromatic rings.